The van der Waals surface area contributed by atoms with Crippen LogP contribution in [0.15, 0.2) is 39.6 Å². The van der Waals surface area contributed by atoms with Gasteiger partial charge in [0.05, 0.1) is 5.69 Å². The van der Waals surface area contributed by atoms with Crippen molar-refractivity contribution in [2.45, 2.75) is 44.6 Å². The van der Waals surface area contributed by atoms with E-state index in [-0.39, 0.29) is 16.7 Å². The van der Waals surface area contributed by atoms with Crippen LogP contribution in [-0.2, 0) is 21.4 Å². The summed E-state index contributed by atoms with van der Waals surface area (Å²) in [6, 6.07) is 8.96. The maximum atomic E-state index is 12.5. The Morgan fingerprint density at radius 3 is 2.63 bits per heavy atom. The van der Waals surface area contributed by atoms with Crippen molar-refractivity contribution in [1.82, 2.24) is 20.0 Å². The normalized spacial score (nSPS) is 18.2. The molecule has 0 spiro atoms. The number of rotatable bonds is 5. The number of hydrogen-bond acceptors (Lipinski definition) is 5. The van der Waals surface area contributed by atoms with Gasteiger partial charge in [-0.15, -0.1) is 4.40 Å². The molecule has 2 aliphatic heterocycles. The van der Waals surface area contributed by atoms with E-state index < -0.39 is 10.0 Å². The molecule has 1 aromatic heterocycles. The van der Waals surface area contributed by atoms with Crippen LogP contribution in [0.5, 0.6) is 0 Å². The van der Waals surface area contributed by atoms with Gasteiger partial charge in [0.25, 0.3) is 10.0 Å². The molecule has 0 saturated carbocycles. The number of fused-ring (bicyclic) bond motifs is 1. The lowest BCUT2D eigenvalue weighted by atomic mass is 9.95. The molecule has 0 atom stereocenters. The number of carbonyl (C=O) groups is 1. The van der Waals surface area contributed by atoms with E-state index in [0.29, 0.717) is 43.9 Å². The van der Waals surface area contributed by atoms with Crippen molar-refractivity contribution in [2.24, 2.45) is 10.3 Å². The summed E-state index contributed by atoms with van der Waals surface area (Å²) < 4.78 is 30.5. The number of amidine groups is 1. The molecule has 9 heteroatoms. The Balaban J connectivity index is 1.27. The van der Waals surface area contributed by atoms with Crippen LogP contribution < -0.4 is 5.32 Å². The van der Waals surface area contributed by atoms with E-state index in [1.54, 1.807) is 18.2 Å². The van der Waals surface area contributed by atoms with Crippen molar-refractivity contribution < 1.29 is 13.2 Å². The van der Waals surface area contributed by atoms with Gasteiger partial charge in [0.1, 0.15) is 4.90 Å². The Bertz CT molecular complexity index is 1080. The lowest BCUT2D eigenvalue weighted by Crippen LogP contribution is -2.43. The standard InChI is InChI=1S/C21H27N5O3S/c1-15-14-16(2)26(23-15)11-5-10-22-21(27)17-8-12-25(13-9-17)20-18-6-3-4-7-19(18)30(28,29)24-20/h3-4,6-7,14,17H,5,8-13H2,1-2H3,(H,22,27). The third-order valence-electron chi connectivity index (χ3n) is 5.73. The molecule has 1 saturated heterocycles. The maximum absolute atomic E-state index is 12.5. The van der Waals surface area contributed by atoms with E-state index in [2.05, 4.69) is 14.8 Å². The number of sulfonamides is 1. The van der Waals surface area contributed by atoms with Gasteiger partial charge in [0, 0.05) is 43.4 Å². The minimum absolute atomic E-state index is 0.0520. The van der Waals surface area contributed by atoms with Gasteiger partial charge in [0.15, 0.2) is 5.84 Å². The first-order chi connectivity index (χ1) is 14.3. The summed E-state index contributed by atoms with van der Waals surface area (Å²) in [5.74, 6) is 0.530. The highest BCUT2D eigenvalue weighted by molar-refractivity contribution is 7.90. The van der Waals surface area contributed by atoms with Gasteiger partial charge < -0.3 is 10.2 Å². The van der Waals surface area contributed by atoms with Gasteiger partial charge in [-0.1, -0.05) is 12.1 Å². The van der Waals surface area contributed by atoms with E-state index in [1.165, 1.54) is 0 Å². The first kappa shape index (κ1) is 20.6. The quantitative estimate of drug-likeness (QED) is 0.732. The summed E-state index contributed by atoms with van der Waals surface area (Å²) in [7, 11) is -3.61. The minimum atomic E-state index is -3.61. The fourth-order valence-electron chi connectivity index (χ4n) is 4.16. The van der Waals surface area contributed by atoms with Crippen molar-refractivity contribution in [3.05, 3.63) is 47.3 Å². The lowest BCUT2D eigenvalue weighted by molar-refractivity contribution is -0.126. The van der Waals surface area contributed by atoms with Gasteiger partial charge in [-0.05, 0) is 51.3 Å². The van der Waals surface area contributed by atoms with E-state index in [0.717, 1.165) is 24.4 Å². The van der Waals surface area contributed by atoms with Gasteiger partial charge in [-0.3, -0.25) is 9.48 Å². The number of hydrogen-bond donors (Lipinski definition) is 1. The molecule has 160 valence electrons. The largest absolute Gasteiger partial charge is 0.356 e. The second-order valence-corrected chi connectivity index (χ2v) is 9.51. The van der Waals surface area contributed by atoms with Crippen LogP contribution >= 0.6 is 0 Å². The maximum Gasteiger partial charge on any atom is 0.285 e. The Kier molecular flexibility index (Phi) is 5.64. The molecule has 3 heterocycles. The summed E-state index contributed by atoms with van der Waals surface area (Å²) in [4.78, 5) is 14.8. The van der Waals surface area contributed by atoms with E-state index in [1.807, 2.05) is 35.6 Å². The summed E-state index contributed by atoms with van der Waals surface area (Å²) in [5, 5.41) is 7.47. The van der Waals surface area contributed by atoms with Crippen LogP contribution in [0.25, 0.3) is 0 Å². The van der Waals surface area contributed by atoms with E-state index in [4.69, 9.17) is 0 Å². The molecule has 0 radical (unpaired) electrons. The van der Waals surface area contributed by atoms with Gasteiger partial charge in [-0.2, -0.15) is 13.5 Å². The van der Waals surface area contributed by atoms with Gasteiger partial charge >= 0.3 is 0 Å². The average Bonchev–Trinajstić information content (AvgIpc) is 3.20. The number of amides is 1. The monoisotopic (exact) mass is 429 g/mol. The van der Waals surface area contributed by atoms with Crippen LogP contribution in [0.2, 0.25) is 0 Å². The van der Waals surface area contributed by atoms with Crippen LogP contribution in [0.4, 0.5) is 0 Å². The molecule has 1 amide bonds. The predicted octanol–water partition coefficient (Wildman–Crippen LogP) is 1.87. The highest BCUT2D eigenvalue weighted by atomic mass is 32.2. The van der Waals surface area contributed by atoms with Crippen molar-refractivity contribution in [3.8, 4) is 0 Å². The molecular formula is C21H27N5O3S. The molecule has 0 bridgehead atoms. The predicted molar refractivity (Wildman–Crippen MR) is 114 cm³/mol. The molecule has 1 fully saturated rings. The lowest BCUT2D eigenvalue weighted by Gasteiger charge is -2.32. The number of likely N-dealkylation sites (tertiary alicyclic amines) is 1. The van der Waals surface area contributed by atoms with Crippen LogP contribution in [0.1, 0.15) is 36.2 Å². The third kappa shape index (κ3) is 4.12. The molecule has 8 nitrogen and oxygen atoms in total. The highest BCUT2D eigenvalue weighted by Crippen LogP contribution is 2.29. The molecule has 1 N–H and O–H groups in total. The molecule has 2 aliphatic rings. The summed E-state index contributed by atoms with van der Waals surface area (Å²) in [6.45, 7) is 6.65. The average molecular weight is 430 g/mol. The van der Waals surface area contributed by atoms with Crippen LogP contribution in [0, 0.1) is 19.8 Å². The zero-order valence-electron chi connectivity index (χ0n) is 17.3. The zero-order valence-corrected chi connectivity index (χ0v) is 18.2. The molecule has 30 heavy (non-hydrogen) atoms. The fourth-order valence-corrected chi connectivity index (χ4v) is 5.38. The van der Waals surface area contributed by atoms with E-state index >= 15 is 0 Å². The summed E-state index contributed by atoms with van der Waals surface area (Å²) in [6.07, 6.45) is 2.20. The number of benzene rings is 1. The molecule has 0 aliphatic carbocycles. The summed E-state index contributed by atoms with van der Waals surface area (Å²) >= 11 is 0. The molecule has 2 aromatic rings. The van der Waals surface area contributed by atoms with Crippen molar-refractivity contribution in [2.75, 3.05) is 19.6 Å². The van der Waals surface area contributed by atoms with Crippen LogP contribution in [0.3, 0.4) is 0 Å². The number of piperidine rings is 1. The third-order valence-corrected chi connectivity index (χ3v) is 7.05. The van der Waals surface area contributed by atoms with Crippen LogP contribution in [-0.4, -0.2) is 54.5 Å². The number of nitrogens with zero attached hydrogens (tertiary/aromatic N) is 4. The number of aryl methyl sites for hydroxylation is 3. The SMILES string of the molecule is Cc1cc(C)n(CCCNC(=O)C2CCN(C3=NS(=O)(=O)c4ccccc43)CC2)n1. The Hall–Kier alpha value is -2.68. The van der Waals surface area contributed by atoms with Crippen molar-refractivity contribution in [1.29, 1.82) is 0 Å². The molecule has 0 unspecified atom stereocenters. The minimum Gasteiger partial charge on any atom is -0.356 e. The Morgan fingerprint density at radius 2 is 1.93 bits per heavy atom. The second kappa shape index (κ2) is 8.22. The number of carbonyl (C=O) groups excluding carboxylic acids is 1. The second-order valence-electron chi connectivity index (χ2n) is 7.94. The fraction of sp³-hybridized carbons (Fsp3) is 0.476. The molecule has 4 rings (SSSR count). The molecule has 1 aromatic carbocycles. The smallest absolute Gasteiger partial charge is 0.285 e. The zero-order chi connectivity index (χ0) is 21.3. The first-order valence-electron chi connectivity index (χ1n) is 10.3. The topological polar surface area (TPSA) is 96.7 Å². The number of aromatic nitrogens is 2. The molecular weight excluding hydrogens is 402 g/mol. The Labute approximate surface area is 177 Å². The van der Waals surface area contributed by atoms with Gasteiger partial charge in [-0.25, -0.2) is 0 Å². The van der Waals surface area contributed by atoms with Crippen molar-refractivity contribution >= 4 is 21.8 Å². The van der Waals surface area contributed by atoms with Crippen molar-refractivity contribution in [3.63, 3.8) is 0 Å². The summed E-state index contributed by atoms with van der Waals surface area (Å²) in [5.41, 5.74) is 2.79. The highest BCUT2D eigenvalue weighted by Gasteiger charge is 2.34. The Morgan fingerprint density at radius 1 is 1.20 bits per heavy atom. The number of nitrogens with one attached hydrogen (secondary N) is 1. The first-order valence-corrected chi connectivity index (χ1v) is 11.8. The van der Waals surface area contributed by atoms with E-state index in [9.17, 15) is 13.2 Å². The van der Waals surface area contributed by atoms with Gasteiger partial charge in [0.2, 0.25) is 5.91 Å².